The molecule has 0 saturated heterocycles. The first-order valence-corrected chi connectivity index (χ1v) is 9.71. The maximum Gasteiger partial charge on any atom is 0.253 e. The van der Waals surface area contributed by atoms with Crippen molar-refractivity contribution in [2.45, 2.75) is 38.1 Å². The third-order valence-corrected chi connectivity index (χ3v) is 5.36. The molecule has 0 atom stereocenters. The van der Waals surface area contributed by atoms with Crippen LogP contribution in [0.3, 0.4) is 0 Å². The molecular weight excluding hydrogens is 340 g/mol. The van der Waals surface area contributed by atoms with Crippen molar-refractivity contribution in [3.05, 3.63) is 53.5 Å². The Balaban J connectivity index is 2.20. The minimum Gasteiger partial charge on any atom is -0.468 e. The topological polar surface area (TPSA) is 79.6 Å². The Labute approximate surface area is 148 Å². The summed E-state index contributed by atoms with van der Waals surface area (Å²) in [5.41, 5.74) is 1.15. The predicted octanol–water partition coefficient (Wildman–Crippen LogP) is 2.94. The normalized spacial score (nSPS) is 11.5. The molecule has 136 valence electrons. The summed E-state index contributed by atoms with van der Waals surface area (Å²) in [7, 11) is -2.00. The molecule has 1 aromatic heterocycles. The van der Waals surface area contributed by atoms with Crippen LogP contribution in [-0.4, -0.2) is 32.8 Å². The fourth-order valence-corrected chi connectivity index (χ4v) is 3.38. The van der Waals surface area contributed by atoms with Gasteiger partial charge in [0.25, 0.3) is 5.91 Å². The summed E-state index contributed by atoms with van der Waals surface area (Å²) in [6, 6.07) is 7.98. The Bertz CT molecular complexity index is 814. The van der Waals surface area contributed by atoms with Gasteiger partial charge in [0, 0.05) is 19.2 Å². The zero-order valence-corrected chi connectivity index (χ0v) is 15.6. The maximum absolute atomic E-state index is 12.6. The molecule has 0 bridgehead atoms. The van der Waals surface area contributed by atoms with Crippen LogP contribution in [-0.2, 0) is 16.6 Å². The third kappa shape index (κ3) is 4.93. The zero-order valence-electron chi connectivity index (χ0n) is 14.8. The molecule has 1 heterocycles. The quantitative estimate of drug-likeness (QED) is 0.781. The van der Waals surface area contributed by atoms with Crippen LogP contribution in [0, 0.1) is 6.92 Å². The van der Waals surface area contributed by atoms with E-state index in [0.717, 1.165) is 18.4 Å². The number of carbonyl (C=O) groups excluding carboxylic acids is 1. The van der Waals surface area contributed by atoms with Gasteiger partial charge in [-0.3, -0.25) is 4.79 Å². The lowest BCUT2D eigenvalue weighted by atomic mass is 10.1. The lowest BCUT2D eigenvalue weighted by Gasteiger charge is -2.18. The summed E-state index contributed by atoms with van der Waals surface area (Å²) in [6.07, 6.45) is 3.38. The molecule has 0 aliphatic rings. The largest absolute Gasteiger partial charge is 0.468 e. The molecule has 0 spiro atoms. The monoisotopic (exact) mass is 364 g/mol. The highest BCUT2D eigenvalue weighted by atomic mass is 32.2. The molecule has 2 aromatic rings. The number of rotatable bonds is 8. The molecule has 6 nitrogen and oxygen atoms in total. The SMILES string of the molecule is CCCCN(C)C(=O)c1cc(S(=O)(=O)NCc2ccco2)ccc1C. The van der Waals surface area contributed by atoms with E-state index in [2.05, 4.69) is 11.6 Å². The van der Waals surface area contributed by atoms with Gasteiger partial charge >= 0.3 is 0 Å². The molecule has 7 heteroatoms. The number of benzene rings is 1. The number of amides is 1. The lowest BCUT2D eigenvalue weighted by Crippen LogP contribution is -2.29. The number of furan rings is 1. The van der Waals surface area contributed by atoms with E-state index in [4.69, 9.17) is 4.42 Å². The summed E-state index contributed by atoms with van der Waals surface area (Å²) >= 11 is 0. The van der Waals surface area contributed by atoms with Crippen molar-refractivity contribution in [1.82, 2.24) is 9.62 Å². The van der Waals surface area contributed by atoms with Crippen molar-refractivity contribution in [1.29, 1.82) is 0 Å². The fraction of sp³-hybridized carbons (Fsp3) is 0.389. The van der Waals surface area contributed by atoms with Crippen LogP contribution >= 0.6 is 0 Å². The van der Waals surface area contributed by atoms with Crippen LogP contribution in [0.25, 0.3) is 0 Å². The van der Waals surface area contributed by atoms with Crippen LogP contribution in [0.4, 0.5) is 0 Å². The summed E-state index contributed by atoms with van der Waals surface area (Å²) in [6.45, 7) is 4.56. The Morgan fingerprint density at radius 3 is 2.68 bits per heavy atom. The highest BCUT2D eigenvalue weighted by Crippen LogP contribution is 2.18. The fourth-order valence-electron chi connectivity index (χ4n) is 2.36. The number of nitrogens with one attached hydrogen (secondary N) is 1. The zero-order chi connectivity index (χ0) is 18.4. The molecule has 0 radical (unpaired) electrons. The van der Waals surface area contributed by atoms with Crippen molar-refractivity contribution in [2.75, 3.05) is 13.6 Å². The van der Waals surface area contributed by atoms with Crippen molar-refractivity contribution in [3.63, 3.8) is 0 Å². The maximum atomic E-state index is 12.6. The van der Waals surface area contributed by atoms with Crippen molar-refractivity contribution >= 4 is 15.9 Å². The Kier molecular flexibility index (Phi) is 6.39. The van der Waals surface area contributed by atoms with E-state index in [1.807, 2.05) is 0 Å². The van der Waals surface area contributed by atoms with Crippen LogP contribution in [0.15, 0.2) is 45.9 Å². The highest BCUT2D eigenvalue weighted by molar-refractivity contribution is 7.89. The van der Waals surface area contributed by atoms with E-state index in [0.29, 0.717) is 17.9 Å². The van der Waals surface area contributed by atoms with Gasteiger partial charge < -0.3 is 9.32 Å². The summed E-state index contributed by atoms with van der Waals surface area (Å²) < 4.78 is 32.6. The second-order valence-corrected chi connectivity index (χ2v) is 7.73. The van der Waals surface area contributed by atoms with Gasteiger partial charge in [0.2, 0.25) is 10.0 Å². The molecule has 0 saturated carbocycles. The molecule has 0 aliphatic carbocycles. The third-order valence-electron chi connectivity index (χ3n) is 3.96. The van der Waals surface area contributed by atoms with Crippen LogP contribution in [0.1, 0.15) is 41.4 Å². The van der Waals surface area contributed by atoms with Crippen molar-refractivity contribution in [2.24, 2.45) is 0 Å². The molecule has 0 unspecified atom stereocenters. The average Bonchev–Trinajstić information content (AvgIpc) is 3.11. The van der Waals surface area contributed by atoms with Gasteiger partial charge in [-0.1, -0.05) is 19.4 Å². The highest BCUT2D eigenvalue weighted by Gasteiger charge is 2.20. The minimum atomic E-state index is -3.73. The molecular formula is C18H24N2O4S. The number of hydrogen-bond donors (Lipinski definition) is 1. The number of hydrogen-bond acceptors (Lipinski definition) is 4. The first-order chi connectivity index (χ1) is 11.8. The summed E-state index contributed by atoms with van der Waals surface area (Å²) in [5.74, 6) is 0.348. The van der Waals surface area contributed by atoms with Gasteiger partial charge in [-0.05, 0) is 43.2 Å². The first kappa shape index (κ1) is 19.2. The standard InChI is InChI=1S/C18H24N2O4S/c1-4-5-10-20(3)18(21)17-12-16(9-8-14(17)2)25(22,23)19-13-15-7-6-11-24-15/h6-9,11-12,19H,4-5,10,13H2,1-3H3. The van der Waals surface area contributed by atoms with E-state index < -0.39 is 10.0 Å². The Hall–Kier alpha value is -2.12. The average molecular weight is 364 g/mol. The van der Waals surface area contributed by atoms with E-state index in [1.54, 1.807) is 37.1 Å². The number of nitrogens with zero attached hydrogens (tertiary/aromatic N) is 1. The minimum absolute atomic E-state index is 0.0584. The molecule has 0 aliphatic heterocycles. The van der Waals surface area contributed by atoms with Crippen molar-refractivity contribution in [3.8, 4) is 0 Å². The van der Waals surface area contributed by atoms with E-state index >= 15 is 0 Å². The number of aryl methyl sites for hydroxylation is 1. The van der Waals surface area contributed by atoms with Crippen molar-refractivity contribution < 1.29 is 17.6 Å². The lowest BCUT2D eigenvalue weighted by molar-refractivity contribution is 0.0792. The number of sulfonamides is 1. The second kappa shape index (κ2) is 8.31. The molecule has 1 aromatic carbocycles. The molecule has 0 fully saturated rings. The smallest absolute Gasteiger partial charge is 0.253 e. The molecule has 1 N–H and O–H groups in total. The van der Waals surface area contributed by atoms with Gasteiger partial charge in [-0.2, -0.15) is 0 Å². The van der Waals surface area contributed by atoms with Gasteiger partial charge in [-0.25, -0.2) is 13.1 Å². The van der Waals surface area contributed by atoms with Crippen LogP contribution in [0.5, 0.6) is 0 Å². The number of unbranched alkanes of at least 4 members (excludes halogenated alkanes) is 1. The first-order valence-electron chi connectivity index (χ1n) is 8.23. The molecule has 1 amide bonds. The van der Waals surface area contributed by atoms with Crippen LogP contribution in [0.2, 0.25) is 0 Å². The summed E-state index contributed by atoms with van der Waals surface area (Å²) in [5, 5.41) is 0. The van der Waals surface area contributed by atoms with Gasteiger partial charge in [-0.15, -0.1) is 0 Å². The van der Waals surface area contributed by atoms with Gasteiger partial charge in [0.1, 0.15) is 5.76 Å². The Morgan fingerprint density at radius 2 is 2.04 bits per heavy atom. The summed E-state index contributed by atoms with van der Waals surface area (Å²) in [4.78, 5) is 14.3. The Morgan fingerprint density at radius 1 is 1.28 bits per heavy atom. The molecule has 2 rings (SSSR count). The second-order valence-electron chi connectivity index (χ2n) is 5.96. The van der Waals surface area contributed by atoms with Gasteiger partial charge in [0.05, 0.1) is 17.7 Å². The van der Waals surface area contributed by atoms with Gasteiger partial charge in [0.15, 0.2) is 0 Å². The van der Waals surface area contributed by atoms with Crippen LogP contribution < -0.4 is 4.72 Å². The van der Waals surface area contributed by atoms with E-state index in [1.165, 1.54) is 18.4 Å². The molecule has 25 heavy (non-hydrogen) atoms. The predicted molar refractivity (Wildman–Crippen MR) is 95.8 cm³/mol. The number of carbonyl (C=O) groups is 1. The van der Waals surface area contributed by atoms with E-state index in [-0.39, 0.29) is 17.3 Å². The van der Waals surface area contributed by atoms with E-state index in [9.17, 15) is 13.2 Å².